The molecule has 3 aromatic rings. The van der Waals surface area contributed by atoms with E-state index in [4.69, 9.17) is 0 Å². The van der Waals surface area contributed by atoms with Gasteiger partial charge in [0.25, 0.3) is 0 Å². The molecule has 3 nitrogen and oxygen atoms in total. The van der Waals surface area contributed by atoms with Gasteiger partial charge in [-0.1, -0.05) is 22.0 Å². The fraction of sp³-hybridized carbons (Fsp3) is 0.188. The second kappa shape index (κ2) is 5.68. The highest BCUT2D eigenvalue weighted by Crippen LogP contribution is 2.34. The Hall–Kier alpha value is -1.95. The minimum Gasteiger partial charge on any atom is -0.329 e. The van der Waals surface area contributed by atoms with Gasteiger partial charge < -0.3 is 4.90 Å². The number of halogens is 3. The van der Waals surface area contributed by atoms with Crippen molar-refractivity contribution in [2.24, 2.45) is 0 Å². The number of benzene rings is 2. The molecule has 6 heteroatoms. The molecule has 0 radical (unpaired) electrons. The molecule has 0 aliphatic carbocycles. The van der Waals surface area contributed by atoms with Crippen LogP contribution >= 0.6 is 15.9 Å². The lowest BCUT2D eigenvalue weighted by atomic mass is 10.2. The van der Waals surface area contributed by atoms with Gasteiger partial charge in [0.1, 0.15) is 17.2 Å². The van der Waals surface area contributed by atoms with Crippen molar-refractivity contribution in [3.05, 3.63) is 52.5 Å². The van der Waals surface area contributed by atoms with Gasteiger partial charge in [-0.2, -0.15) is 5.10 Å². The number of anilines is 2. The minimum atomic E-state index is -0.384. The fourth-order valence-electron chi connectivity index (χ4n) is 2.53. The van der Waals surface area contributed by atoms with Gasteiger partial charge in [0, 0.05) is 29.1 Å². The topological polar surface area (TPSA) is 21.1 Å². The van der Waals surface area contributed by atoms with Crippen molar-refractivity contribution >= 4 is 38.3 Å². The normalized spacial score (nSPS) is 11.1. The average molecular weight is 366 g/mol. The maximum atomic E-state index is 14.1. The summed E-state index contributed by atoms with van der Waals surface area (Å²) in [4.78, 5) is 1.81. The van der Waals surface area contributed by atoms with Crippen LogP contribution in [0.25, 0.3) is 10.9 Å². The van der Waals surface area contributed by atoms with Crippen LogP contribution in [-0.2, 0) is 6.54 Å². The zero-order valence-corrected chi connectivity index (χ0v) is 13.7. The van der Waals surface area contributed by atoms with Crippen LogP contribution in [0.2, 0.25) is 0 Å². The van der Waals surface area contributed by atoms with Crippen LogP contribution in [0.3, 0.4) is 0 Å². The summed E-state index contributed by atoms with van der Waals surface area (Å²) in [6, 6.07) is 9.49. The van der Waals surface area contributed by atoms with Gasteiger partial charge in [0.15, 0.2) is 5.82 Å². The van der Waals surface area contributed by atoms with Crippen molar-refractivity contribution in [2.75, 3.05) is 11.9 Å². The van der Waals surface area contributed by atoms with Gasteiger partial charge in [0.2, 0.25) is 0 Å². The molecule has 2 aromatic carbocycles. The largest absolute Gasteiger partial charge is 0.329 e. The summed E-state index contributed by atoms with van der Waals surface area (Å²) in [5, 5.41) is 5.01. The van der Waals surface area contributed by atoms with Gasteiger partial charge >= 0.3 is 0 Å². The number of hydrogen-bond acceptors (Lipinski definition) is 2. The van der Waals surface area contributed by atoms with E-state index in [1.807, 2.05) is 24.9 Å². The molecule has 22 heavy (non-hydrogen) atoms. The quantitative estimate of drug-likeness (QED) is 0.660. The smallest absolute Gasteiger partial charge is 0.152 e. The highest BCUT2D eigenvalue weighted by molar-refractivity contribution is 9.10. The van der Waals surface area contributed by atoms with E-state index in [-0.39, 0.29) is 11.6 Å². The number of aryl methyl sites for hydroxylation is 1. The lowest BCUT2D eigenvalue weighted by molar-refractivity contribution is 0.621. The Kier molecular flexibility index (Phi) is 3.87. The van der Waals surface area contributed by atoms with E-state index in [2.05, 4.69) is 21.0 Å². The van der Waals surface area contributed by atoms with E-state index in [0.29, 0.717) is 27.6 Å². The van der Waals surface area contributed by atoms with E-state index in [0.717, 1.165) is 5.82 Å². The van der Waals surface area contributed by atoms with Crippen LogP contribution in [-0.4, -0.2) is 16.8 Å². The van der Waals surface area contributed by atoms with E-state index in [1.54, 1.807) is 16.8 Å². The van der Waals surface area contributed by atoms with Gasteiger partial charge in [-0.15, -0.1) is 0 Å². The van der Waals surface area contributed by atoms with E-state index in [1.165, 1.54) is 18.2 Å². The number of hydrogen-bond donors (Lipinski definition) is 0. The predicted molar refractivity (Wildman–Crippen MR) is 87.5 cm³/mol. The van der Waals surface area contributed by atoms with E-state index < -0.39 is 0 Å². The Morgan fingerprint density at radius 1 is 1.23 bits per heavy atom. The molecule has 0 aliphatic rings. The molecule has 3 rings (SSSR count). The number of fused-ring (bicyclic) bond motifs is 1. The first-order valence-electron chi connectivity index (χ1n) is 6.86. The summed E-state index contributed by atoms with van der Waals surface area (Å²) in [5.41, 5.74) is 0.986. The number of rotatable bonds is 3. The standard InChI is InChI=1S/C16H14BrF2N3/c1-3-22-16(21(2)12-6-4-5-11(18)9-12)13-7-10(17)8-14(19)15(13)20-22/h4-9H,3H2,1-2H3. The molecule has 0 saturated heterocycles. The van der Waals surface area contributed by atoms with Crippen LogP contribution in [0.15, 0.2) is 40.9 Å². The molecule has 0 saturated carbocycles. The highest BCUT2D eigenvalue weighted by Gasteiger charge is 2.19. The average Bonchev–Trinajstić information content (AvgIpc) is 2.85. The van der Waals surface area contributed by atoms with Gasteiger partial charge in [-0.25, -0.2) is 13.5 Å². The highest BCUT2D eigenvalue weighted by atomic mass is 79.9. The Labute approximate surface area is 135 Å². The molecule has 0 bridgehead atoms. The van der Waals surface area contributed by atoms with Gasteiger partial charge in [0.05, 0.1) is 0 Å². The molecular formula is C16H14BrF2N3. The van der Waals surface area contributed by atoms with Crippen molar-refractivity contribution < 1.29 is 8.78 Å². The summed E-state index contributed by atoms with van der Waals surface area (Å²) in [5.74, 6) is 0.0253. The maximum absolute atomic E-state index is 14.1. The number of nitrogens with zero attached hydrogens (tertiary/aromatic N) is 3. The first kappa shape index (κ1) is 15.0. The second-order valence-electron chi connectivity index (χ2n) is 4.96. The number of aromatic nitrogens is 2. The summed E-state index contributed by atoms with van der Waals surface area (Å²) >= 11 is 3.31. The predicted octanol–water partition coefficient (Wildman–Crippen LogP) is 4.86. The summed E-state index contributed by atoms with van der Waals surface area (Å²) in [7, 11) is 1.82. The van der Waals surface area contributed by atoms with Crippen LogP contribution < -0.4 is 4.90 Å². The molecular weight excluding hydrogens is 352 g/mol. The molecule has 1 heterocycles. The van der Waals surface area contributed by atoms with Crippen molar-refractivity contribution in [3.8, 4) is 0 Å². The molecule has 0 spiro atoms. The van der Waals surface area contributed by atoms with Crippen LogP contribution in [0.5, 0.6) is 0 Å². The Balaban J connectivity index is 2.24. The van der Waals surface area contributed by atoms with Crippen molar-refractivity contribution in [1.29, 1.82) is 0 Å². The lowest BCUT2D eigenvalue weighted by Gasteiger charge is -2.20. The van der Waals surface area contributed by atoms with Crippen LogP contribution in [0.1, 0.15) is 6.92 Å². The SMILES string of the molecule is CCn1nc2c(F)cc(Br)cc2c1N(C)c1cccc(F)c1. The summed E-state index contributed by atoms with van der Waals surface area (Å²) < 4.78 is 30.0. The second-order valence-corrected chi connectivity index (χ2v) is 5.88. The molecule has 0 unspecified atom stereocenters. The zero-order chi connectivity index (χ0) is 15.9. The van der Waals surface area contributed by atoms with Crippen molar-refractivity contribution in [3.63, 3.8) is 0 Å². The van der Waals surface area contributed by atoms with Crippen molar-refractivity contribution in [1.82, 2.24) is 9.78 Å². The van der Waals surface area contributed by atoms with E-state index in [9.17, 15) is 8.78 Å². The maximum Gasteiger partial charge on any atom is 0.152 e. The molecule has 114 valence electrons. The van der Waals surface area contributed by atoms with Gasteiger partial charge in [-0.3, -0.25) is 0 Å². The summed E-state index contributed by atoms with van der Waals surface area (Å²) in [6.45, 7) is 2.52. The zero-order valence-electron chi connectivity index (χ0n) is 12.1. The minimum absolute atomic E-state index is 0.309. The third-order valence-electron chi connectivity index (χ3n) is 3.55. The van der Waals surface area contributed by atoms with Crippen molar-refractivity contribution in [2.45, 2.75) is 13.5 Å². The third-order valence-corrected chi connectivity index (χ3v) is 4.00. The third kappa shape index (κ3) is 2.47. The molecule has 0 N–H and O–H groups in total. The Morgan fingerprint density at radius 2 is 2.00 bits per heavy atom. The lowest BCUT2D eigenvalue weighted by Crippen LogP contribution is -2.15. The molecule has 0 aliphatic heterocycles. The van der Waals surface area contributed by atoms with E-state index >= 15 is 0 Å². The Morgan fingerprint density at radius 3 is 2.68 bits per heavy atom. The molecule has 0 fully saturated rings. The molecule has 1 aromatic heterocycles. The van der Waals surface area contributed by atoms with Crippen LogP contribution in [0, 0.1) is 11.6 Å². The summed E-state index contributed by atoms with van der Waals surface area (Å²) in [6.07, 6.45) is 0. The van der Waals surface area contributed by atoms with Gasteiger partial charge in [-0.05, 0) is 37.3 Å². The first-order valence-corrected chi connectivity index (χ1v) is 7.65. The fourth-order valence-corrected chi connectivity index (χ4v) is 2.96. The molecule has 0 amide bonds. The Bertz CT molecular complexity index is 845. The first-order chi connectivity index (χ1) is 10.5. The van der Waals surface area contributed by atoms with Crippen LogP contribution in [0.4, 0.5) is 20.3 Å². The monoisotopic (exact) mass is 365 g/mol. The molecule has 0 atom stereocenters.